The van der Waals surface area contributed by atoms with Gasteiger partial charge >= 0.3 is 0 Å². The van der Waals surface area contributed by atoms with E-state index in [1.165, 1.54) is 10.6 Å². The fraction of sp³-hybridized carbons (Fsp3) is 0.333. The van der Waals surface area contributed by atoms with E-state index in [4.69, 9.17) is 16.1 Å². The molecule has 18 heavy (non-hydrogen) atoms. The van der Waals surface area contributed by atoms with Crippen LogP contribution in [0.25, 0.3) is 0 Å². The van der Waals surface area contributed by atoms with Crippen LogP contribution in [0.4, 0.5) is 5.69 Å². The summed E-state index contributed by atoms with van der Waals surface area (Å²) in [4.78, 5) is 7.45. The Kier molecular flexibility index (Phi) is 4.49. The molecular weight excluding hydrogens is 270 g/mol. The maximum atomic E-state index is 5.61. The van der Waals surface area contributed by atoms with E-state index in [1.807, 2.05) is 26.2 Å². The standard InChI is InChI=1S/C12H14ClN3OS/c1-16(2)9-5-3-4-6-10(9)18-8-11-14-12(7-13)17-15-11/h3-6H,7-8H2,1-2H3. The number of thioether (sulfide) groups is 1. The van der Waals surface area contributed by atoms with Crippen molar-refractivity contribution in [2.24, 2.45) is 0 Å². The van der Waals surface area contributed by atoms with E-state index in [-0.39, 0.29) is 5.88 Å². The number of benzene rings is 1. The van der Waals surface area contributed by atoms with E-state index < -0.39 is 0 Å². The summed E-state index contributed by atoms with van der Waals surface area (Å²) in [6, 6.07) is 8.22. The highest BCUT2D eigenvalue weighted by Gasteiger charge is 2.08. The van der Waals surface area contributed by atoms with Crippen LogP contribution in [-0.2, 0) is 11.6 Å². The maximum Gasteiger partial charge on any atom is 0.241 e. The molecule has 0 fully saturated rings. The van der Waals surface area contributed by atoms with Gasteiger partial charge in [-0.1, -0.05) is 17.3 Å². The zero-order valence-corrected chi connectivity index (χ0v) is 11.8. The number of para-hydroxylation sites is 1. The van der Waals surface area contributed by atoms with Gasteiger partial charge in [-0.15, -0.1) is 23.4 Å². The average molecular weight is 284 g/mol. The molecule has 96 valence electrons. The molecule has 0 saturated carbocycles. The molecule has 0 saturated heterocycles. The highest BCUT2D eigenvalue weighted by Crippen LogP contribution is 2.30. The molecule has 0 bridgehead atoms. The molecule has 1 aromatic carbocycles. The number of nitrogens with zero attached hydrogens (tertiary/aromatic N) is 3. The number of alkyl halides is 1. The minimum absolute atomic E-state index is 0.256. The van der Waals surface area contributed by atoms with Crippen LogP contribution < -0.4 is 4.90 Å². The topological polar surface area (TPSA) is 42.2 Å². The van der Waals surface area contributed by atoms with Gasteiger partial charge in [0, 0.05) is 24.7 Å². The lowest BCUT2D eigenvalue weighted by atomic mass is 10.3. The monoisotopic (exact) mass is 283 g/mol. The molecule has 0 spiro atoms. The van der Waals surface area contributed by atoms with E-state index in [9.17, 15) is 0 Å². The molecular formula is C12H14ClN3OS. The summed E-state index contributed by atoms with van der Waals surface area (Å²) < 4.78 is 4.96. The van der Waals surface area contributed by atoms with Gasteiger partial charge in [0.15, 0.2) is 5.82 Å². The largest absolute Gasteiger partial charge is 0.377 e. The number of aromatic nitrogens is 2. The number of hydrogen-bond acceptors (Lipinski definition) is 5. The Morgan fingerprint density at radius 1 is 1.33 bits per heavy atom. The van der Waals surface area contributed by atoms with Crippen LogP contribution in [0.3, 0.4) is 0 Å². The first-order valence-electron chi connectivity index (χ1n) is 5.47. The Morgan fingerprint density at radius 2 is 2.11 bits per heavy atom. The molecule has 6 heteroatoms. The van der Waals surface area contributed by atoms with Crippen molar-refractivity contribution in [3.05, 3.63) is 36.0 Å². The Labute approximate surface area is 115 Å². The molecule has 4 nitrogen and oxygen atoms in total. The number of halogens is 1. The van der Waals surface area contributed by atoms with Crippen molar-refractivity contribution in [1.82, 2.24) is 10.1 Å². The van der Waals surface area contributed by atoms with Crippen LogP contribution in [0.15, 0.2) is 33.7 Å². The van der Waals surface area contributed by atoms with Crippen molar-refractivity contribution in [3.63, 3.8) is 0 Å². The lowest BCUT2D eigenvalue weighted by molar-refractivity contribution is 0.386. The molecule has 0 aliphatic rings. The summed E-state index contributed by atoms with van der Waals surface area (Å²) in [6.07, 6.45) is 0. The molecule has 0 radical (unpaired) electrons. The summed E-state index contributed by atoms with van der Waals surface area (Å²) in [5.41, 5.74) is 1.18. The Bertz CT molecular complexity index is 516. The lowest BCUT2D eigenvalue weighted by Crippen LogP contribution is -2.09. The Balaban J connectivity index is 2.05. The van der Waals surface area contributed by atoms with Gasteiger partial charge in [-0.25, -0.2) is 0 Å². The first-order valence-corrected chi connectivity index (χ1v) is 6.99. The van der Waals surface area contributed by atoms with Gasteiger partial charge in [-0.3, -0.25) is 0 Å². The van der Waals surface area contributed by atoms with E-state index >= 15 is 0 Å². The molecule has 2 rings (SSSR count). The first-order chi connectivity index (χ1) is 8.70. The van der Waals surface area contributed by atoms with Crippen molar-refractivity contribution in [2.75, 3.05) is 19.0 Å². The van der Waals surface area contributed by atoms with Gasteiger partial charge in [-0.05, 0) is 12.1 Å². The second-order valence-electron chi connectivity index (χ2n) is 3.89. The number of hydrogen-bond donors (Lipinski definition) is 0. The summed E-state index contributed by atoms with van der Waals surface area (Å²) in [5, 5.41) is 3.87. The van der Waals surface area contributed by atoms with Crippen LogP contribution in [0.1, 0.15) is 11.7 Å². The highest BCUT2D eigenvalue weighted by molar-refractivity contribution is 7.98. The van der Waals surface area contributed by atoms with Crippen molar-refractivity contribution < 1.29 is 4.52 Å². The predicted octanol–water partition coefficient (Wildman–Crippen LogP) is 3.17. The second kappa shape index (κ2) is 6.11. The average Bonchev–Trinajstić information content (AvgIpc) is 2.84. The van der Waals surface area contributed by atoms with Gasteiger partial charge in [0.05, 0.1) is 5.75 Å². The Hall–Kier alpha value is -1.20. The first kappa shape index (κ1) is 13.2. The van der Waals surface area contributed by atoms with Crippen molar-refractivity contribution >= 4 is 29.1 Å². The zero-order valence-electron chi connectivity index (χ0n) is 10.3. The molecule has 1 aromatic heterocycles. The van der Waals surface area contributed by atoms with Crippen LogP contribution in [0, 0.1) is 0 Å². The minimum Gasteiger partial charge on any atom is -0.377 e. The summed E-state index contributed by atoms with van der Waals surface area (Å²) in [6.45, 7) is 0. The summed E-state index contributed by atoms with van der Waals surface area (Å²) >= 11 is 7.30. The van der Waals surface area contributed by atoms with E-state index in [0.29, 0.717) is 17.5 Å². The fourth-order valence-electron chi connectivity index (χ4n) is 1.49. The molecule has 0 aliphatic carbocycles. The van der Waals surface area contributed by atoms with Gasteiger partial charge < -0.3 is 9.42 Å². The van der Waals surface area contributed by atoms with Crippen LogP contribution in [0.5, 0.6) is 0 Å². The van der Waals surface area contributed by atoms with E-state index in [0.717, 1.165) is 0 Å². The zero-order chi connectivity index (χ0) is 13.0. The molecule has 0 unspecified atom stereocenters. The third-order valence-electron chi connectivity index (χ3n) is 2.33. The van der Waals surface area contributed by atoms with Crippen LogP contribution >= 0.6 is 23.4 Å². The van der Waals surface area contributed by atoms with Crippen molar-refractivity contribution in [2.45, 2.75) is 16.5 Å². The third kappa shape index (κ3) is 3.17. The quantitative estimate of drug-likeness (QED) is 0.623. The molecule has 1 heterocycles. The van der Waals surface area contributed by atoms with E-state index in [2.05, 4.69) is 27.2 Å². The normalized spacial score (nSPS) is 10.6. The van der Waals surface area contributed by atoms with E-state index in [1.54, 1.807) is 11.8 Å². The highest BCUT2D eigenvalue weighted by atomic mass is 35.5. The van der Waals surface area contributed by atoms with Gasteiger partial charge in [0.25, 0.3) is 0 Å². The van der Waals surface area contributed by atoms with Gasteiger partial charge in [0.2, 0.25) is 5.89 Å². The molecule has 2 aromatic rings. The lowest BCUT2D eigenvalue weighted by Gasteiger charge is -2.16. The van der Waals surface area contributed by atoms with Crippen molar-refractivity contribution in [3.8, 4) is 0 Å². The molecule has 0 amide bonds. The molecule has 0 atom stereocenters. The van der Waals surface area contributed by atoms with Crippen molar-refractivity contribution in [1.29, 1.82) is 0 Å². The fourth-order valence-corrected chi connectivity index (χ4v) is 2.58. The van der Waals surface area contributed by atoms with Gasteiger partial charge in [0.1, 0.15) is 5.88 Å². The molecule has 0 N–H and O–H groups in total. The predicted molar refractivity (Wildman–Crippen MR) is 74.2 cm³/mol. The Morgan fingerprint density at radius 3 is 2.78 bits per heavy atom. The van der Waals surface area contributed by atoms with Crippen LogP contribution in [-0.4, -0.2) is 24.2 Å². The van der Waals surface area contributed by atoms with Crippen LogP contribution in [0.2, 0.25) is 0 Å². The summed E-state index contributed by atoms with van der Waals surface area (Å²) in [5.74, 6) is 2.06. The molecule has 0 aliphatic heterocycles. The third-order valence-corrected chi connectivity index (χ3v) is 3.62. The SMILES string of the molecule is CN(C)c1ccccc1SCc1noc(CCl)n1. The smallest absolute Gasteiger partial charge is 0.241 e. The second-order valence-corrected chi connectivity index (χ2v) is 5.17. The number of rotatable bonds is 5. The maximum absolute atomic E-state index is 5.61. The minimum atomic E-state index is 0.256. The number of anilines is 1. The summed E-state index contributed by atoms with van der Waals surface area (Å²) in [7, 11) is 4.05. The van der Waals surface area contributed by atoms with Gasteiger partial charge in [-0.2, -0.15) is 4.98 Å².